The summed E-state index contributed by atoms with van der Waals surface area (Å²) < 4.78 is 94.3. The van der Waals surface area contributed by atoms with Gasteiger partial charge >= 0.3 is 23.9 Å². The summed E-state index contributed by atoms with van der Waals surface area (Å²) in [5.41, 5.74) is 25.8. The molecule has 10 nitrogen and oxygen atoms in total. The van der Waals surface area contributed by atoms with Crippen molar-refractivity contribution in [3.63, 3.8) is 0 Å². The smallest absolute Gasteiger partial charge is 0.398 e. The van der Waals surface area contributed by atoms with Gasteiger partial charge < -0.3 is 22.9 Å². The molecule has 1 aromatic heterocycles. The van der Waals surface area contributed by atoms with E-state index in [4.69, 9.17) is 28.3 Å². The molecule has 0 atom stereocenters. The van der Waals surface area contributed by atoms with Gasteiger partial charge in [0.15, 0.2) is 5.96 Å². The molecule has 0 aliphatic carbocycles. The number of alkyl halides is 6. The van der Waals surface area contributed by atoms with E-state index in [1.54, 1.807) is 36.6 Å². The van der Waals surface area contributed by atoms with Gasteiger partial charge in [-0.05, 0) is 54.6 Å². The number of sulfone groups is 1. The quantitative estimate of drug-likeness (QED) is 0.0606. The van der Waals surface area contributed by atoms with Crippen LogP contribution in [0.3, 0.4) is 0 Å². The second kappa shape index (κ2) is 13.0. The Balaban J connectivity index is 0.000000455. The van der Waals surface area contributed by atoms with Gasteiger partial charge in [-0.3, -0.25) is 15.0 Å². The van der Waals surface area contributed by atoms with Crippen LogP contribution >= 0.6 is 23.1 Å². The number of carbonyl (C=O) groups excluding carboxylic acids is 2. The maximum atomic E-state index is 13.4. The number of aliphatic imine (C=N–C) groups is 1. The number of benzene rings is 2. The van der Waals surface area contributed by atoms with Crippen LogP contribution in [0, 0.1) is 12.3 Å². The molecule has 0 bridgehead atoms. The zero-order valence-electron chi connectivity index (χ0n) is 21.9. The van der Waals surface area contributed by atoms with Gasteiger partial charge in [0.2, 0.25) is 9.84 Å². The molecule has 43 heavy (non-hydrogen) atoms. The third kappa shape index (κ3) is 8.48. The fourth-order valence-corrected chi connectivity index (χ4v) is 7.33. The van der Waals surface area contributed by atoms with Gasteiger partial charge in [-0.25, -0.2) is 13.4 Å². The van der Waals surface area contributed by atoms with E-state index < -0.39 is 33.8 Å². The molecule has 0 aliphatic rings. The number of rotatable bonds is 7. The first-order valence-corrected chi connectivity index (χ1v) is 14.7. The number of nitrogens with zero attached hydrogens (tertiary/aromatic N) is 1. The summed E-state index contributed by atoms with van der Waals surface area (Å²) in [5, 5.41) is 7.63. The summed E-state index contributed by atoms with van der Waals surface area (Å²) in [6.07, 6.45) is -9.76. The average molecular weight is 669 g/mol. The van der Waals surface area contributed by atoms with Gasteiger partial charge in [-0.15, -0.1) is 23.1 Å². The molecule has 19 heteroatoms. The second-order valence-corrected chi connectivity index (χ2v) is 12.4. The molecule has 0 spiro atoms. The lowest BCUT2D eigenvalue weighted by atomic mass is 9.98. The highest BCUT2D eigenvalue weighted by atomic mass is 32.2. The fraction of sp³-hybridized carbons (Fsp3) is 0.167. The standard InChI is InChI=1S/C20H22N6O2S3.C4F6O2/c1-10-6-12(26-20(24)25)8-14(21)17(10)11-4-3-5-13(7-11)31(27,28)16-9-15(18(22)23)30-19(16)29-2;5-3(6,7)1(11)2(12)4(8,9)10/h3-9H,21H2,1-2H3,(H3,22,23)(H4,24,25,26);. The van der Waals surface area contributed by atoms with Crippen molar-refractivity contribution in [2.45, 2.75) is 33.3 Å². The van der Waals surface area contributed by atoms with Crippen LogP contribution in [0.5, 0.6) is 0 Å². The zero-order valence-corrected chi connectivity index (χ0v) is 24.4. The Morgan fingerprint density at radius 3 is 1.95 bits per heavy atom. The van der Waals surface area contributed by atoms with Gasteiger partial charge in [-0.2, -0.15) is 26.3 Å². The van der Waals surface area contributed by atoms with Crippen molar-refractivity contribution in [1.29, 1.82) is 5.41 Å². The maximum absolute atomic E-state index is 13.4. The van der Waals surface area contributed by atoms with Crippen LogP contribution in [0.1, 0.15) is 10.4 Å². The van der Waals surface area contributed by atoms with E-state index in [1.807, 2.05) is 6.92 Å². The molecule has 2 aromatic carbocycles. The third-order valence-corrected chi connectivity index (χ3v) is 9.51. The lowest BCUT2D eigenvalue weighted by Gasteiger charge is -2.13. The Bertz CT molecular complexity index is 1670. The van der Waals surface area contributed by atoms with E-state index in [2.05, 4.69) is 4.99 Å². The van der Waals surface area contributed by atoms with E-state index >= 15 is 0 Å². The molecule has 0 saturated carbocycles. The molecule has 0 fully saturated rings. The molecule has 1 heterocycles. The minimum atomic E-state index is -5.77. The van der Waals surface area contributed by atoms with Crippen molar-refractivity contribution in [2.24, 2.45) is 22.2 Å². The molecule has 3 rings (SSSR count). The predicted molar refractivity (Wildman–Crippen MR) is 151 cm³/mol. The molecule has 0 unspecified atom stereocenters. The number of aryl methyl sites for hydroxylation is 1. The van der Waals surface area contributed by atoms with Gasteiger partial charge in [0.1, 0.15) is 5.84 Å². The highest BCUT2D eigenvalue weighted by Crippen LogP contribution is 2.39. The second-order valence-electron chi connectivity index (χ2n) is 8.33. The molecule has 232 valence electrons. The first kappa shape index (κ1) is 35.1. The maximum Gasteiger partial charge on any atom is 0.458 e. The molecule has 0 saturated heterocycles. The monoisotopic (exact) mass is 668 g/mol. The summed E-state index contributed by atoms with van der Waals surface area (Å²) >= 11 is 2.48. The van der Waals surface area contributed by atoms with Gasteiger partial charge in [0.25, 0.3) is 0 Å². The lowest BCUT2D eigenvalue weighted by Crippen LogP contribution is -2.39. The Kier molecular flexibility index (Phi) is 10.6. The molecule has 9 N–H and O–H groups in total. The molecule has 3 aromatic rings. The van der Waals surface area contributed by atoms with Gasteiger partial charge in [0.05, 0.1) is 24.6 Å². The van der Waals surface area contributed by atoms with Crippen LogP contribution in [0.25, 0.3) is 11.1 Å². The SMILES string of the molecule is CSc1sc(C(=N)N)cc1S(=O)(=O)c1cccc(-c2c(C)cc(N=C(N)N)cc2N)c1.O=C(C(=O)C(F)(F)F)C(F)(F)F. The van der Waals surface area contributed by atoms with E-state index in [9.17, 15) is 44.3 Å². The van der Waals surface area contributed by atoms with E-state index in [0.717, 1.165) is 5.56 Å². The molecular formula is C24H22F6N6O4S3. The Hall–Kier alpha value is -4.10. The number of hydrogen-bond acceptors (Lipinski definition) is 9. The van der Waals surface area contributed by atoms with E-state index in [0.29, 0.717) is 31.6 Å². The number of halogens is 6. The molecule has 0 radical (unpaired) electrons. The number of anilines is 1. The van der Waals surface area contributed by atoms with Gasteiger partial charge in [0, 0.05) is 11.3 Å². The highest BCUT2D eigenvalue weighted by molar-refractivity contribution is 8.01. The summed E-state index contributed by atoms with van der Waals surface area (Å²) in [6.45, 7) is 1.85. The number of ketones is 2. The van der Waals surface area contributed by atoms with Crippen molar-refractivity contribution in [3.05, 3.63) is 52.9 Å². The number of nitrogens with one attached hydrogen (secondary N) is 1. The number of nitrogens with two attached hydrogens (primary N) is 4. The first-order valence-electron chi connectivity index (χ1n) is 11.2. The number of hydrogen-bond donors (Lipinski definition) is 5. The average Bonchev–Trinajstić information content (AvgIpc) is 3.32. The molecular weight excluding hydrogens is 646 g/mol. The van der Waals surface area contributed by atoms with Crippen LogP contribution in [0.4, 0.5) is 37.7 Å². The normalized spacial score (nSPS) is 11.7. The number of guanidine groups is 1. The Morgan fingerprint density at radius 1 is 0.953 bits per heavy atom. The molecule has 0 amide bonds. The van der Waals surface area contributed by atoms with Crippen molar-refractivity contribution < 1.29 is 44.3 Å². The van der Waals surface area contributed by atoms with Crippen molar-refractivity contribution in [3.8, 4) is 11.1 Å². The number of carbonyl (C=O) groups is 2. The number of thiophene rings is 1. The summed E-state index contributed by atoms with van der Waals surface area (Å²) in [5.74, 6) is -7.06. The number of Topliss-reactive ketones (excluding diaryl/α,β-unsaturated/α-hetero) is 2. The van der Waals surface area contributed by atoms with Crippen LogP contribution < -0.4 is 22.9 Å². The summed E-state index contributed by atoms with van der Waals surface area (Å²) in [6, 6.07) is 11.4. The van der Waals surface area contributed by atoms with Gasteiger partial charge in [-0.1, -0.05) is 12.1 Å². The van der Waals surface area contributed by atoms with Crippen LogP contribution in [0.15, 0.2) is 61.5 Å². The topological polar surface area (TPSA) is 209 Å². The summed E-state index contributed by atoms with van der Waals surface area (Å²) in [4.78, 5) is 23.9. The minimum Gasteiger partial charge on any atom is -0.398 e. The number of nitrogen functional groups attached to an aromatic ring is 2. The molecule has 0 aliphatic heterocycles. The van der Waals surface area contributed by atoms with E-state index in [-0.39, 0.29) is 21.6 Å². The highest BCUT2D eigenvalue weighted by Gasteiger charge is 2.54. The lowest BCUT2D eigenvalue weighted by molar-refractivity contribution is -0.193. The largest absolute Gasteiger partial charge is 0.458 e. The number of thioether (sulfide) groups is 1. The third-order valence-electron chi connectivity index (χ3n) is 5.17. The van der Waals surface area contributed by atoms with E-state index in [1.165, 1.54) is 35.2 Å². The minimum absolute atomic E-state index is 0.0788. The fourth-order valence-electron chi connectivity index (χ4n) is 3.43. The summed E-state index contributed by atoms with van der Waals surface area (Å²) in [7, 11) is -3.83. The van der Waals surface area contributed by atoms with Crippen LogP contribution in [0.2, 0.25) is 0 Å². The van der Waals surface area contributed by atoms with Crippen LogP contribution in [-0.4, -0.2) is 50.4 Å². The van der Waals surface area contributed by atoms with Crippen LogP contribution in [-0.2, 0) is 19.4 Å². The first-order chi connectivity index (χ1) is 19.6. The van der Waals surface area contributed by atoms with Crippen molar-refractivity contribution in [2.75, 3.05) is 12.0 Å². The predicted octanol–water partition coefficient (Wildman–Crippen LogP) is 4.30. The Labute approximate surface area is 248 Å². The van der Waals surface area contributed by atoms with Crippen molar-refractivity contribution in [1.82, 2.24) is 0 Å². The van der Waals surface area contributed by atoms with Crippen molar-refractivity contribution >= 4 is 67.7 Å². The number of amidine groups is 1. The Morgan fingerprint density at radius 2 is 1.51 bits per heavy atom. The zero-order chi connectivity index (χ0) is 33.1.